The summed E-state index contributed by atoms with van der Waals surface area (Å²) in [4.78, 5) is 4.18. The molecule has 2 aromatic heterocycles. The summed E-state index contributed by atoms with van der Waals surface area (Å²) in [6, 6.07) is 28.4. The van der Waals surface area contributed by atoms with Gasteiger partial charge in [-0.1, -0.05) is 30.3 Å². The van der Waals surface area contributed by atoms with Crippen LogP contribution >= 0.6 is 0 Å². The highest BCUT2D eigenvalue weighted by Gasteiger charge is 2.13. The van der Waals surface area contributed by atoms with Gasteiger partial charge in [-0.3, -0.25) is 4.98 Å². The molecule has 0 atom stereocenters. The fourth-order valence-electron chi connectivity index (χ4n) is 3.80. The van der Waals surface area contributed by atoms with Crippen molar-refractivity contribution < 1.29 is 0 Å². The Morgan fingerprint density at radius 3 is 2.34 bits per heavy atom. The Bertz CT molecular complexity index is 1480. The largest absolute Gasteiger partial charge is 0.309 e. The smallest absolute Gasteiger partial charge is 0.101 e. The van der Waals surface area contributed by atoms with E-state index in [2.05, 4.69) is 46.0 Å². The number of benzene rings is 3. The number of hydrogen-bond acceptors (Lipinski definition) is 3. The van der Waals surface area contributed by atoms with Gasteiger partial charge >= 0.3 is 0 Å². The Morgan fingerprint density at radius 1 is 0.655 bits per heavy atom. The first kappa shape index (κ1) is 16.7. The predicted molar refractivity (Wildman–Crippen MR) is 113 cm³/mol. The fourth-order valence-corrected chi connectivity index (χ4v) is 3.80. The lowest BCUT2D eigenvalue weighted by Crippen LogP contribution is -1.94. The van der Waals surface area contributed by atoms with E-state index in [-0.39, 0.29) is 0 Å². The van der Waals surface area contributed by atoms with Crippen molar-refractivity contribution in [3.05, 3.63) is 96.3 Å². The molecule has 2 heterocycles. The average molecular weight is 370 g/mol. The van der Waals surface area contributed by atoms with E-state index in [1.54, 1.807) is 12.4 Å². The summed E-state index contributed by atoms with van der Waals surface area (Å²) in [6.45, 7) is 0. The van der Waals surface area contributed by atoms with Crippen molar-refractivity contribution in [2.24, 2.45) is 0 Å². The molecule has 0 N–H and O–H groups in total. The monoisotopic (exact) mass is 370 g/mol. The molecule has 0 radical (unpaired) electrons. The van der Waals surface area contributed by atoms with E-state index in [1.807, 2.05) is 48.5 Å². The molecule has 0 amide bonds. The lowest BCUT2D eigenvalue weighted by atomic mass is 10.1. The summed E-state index contributed by atoms with van der Waals surface area (Å²) in [5.41, 5.74) is 6.22. The second-order valence-electron chi connectivity index (χ2n) is 6.82. The molecule has 4 heteroatoms. The minimum atomic E-state index is 0.536. The third kappa shape index (κ3) is 2.72. The molecule has 29 heavy (non-hydrogen) atoms. The van der Waals surface area contributed by atoms with Crippen LogP contribution in [-0.2, 0) is 0 Å². The highest BCUT2D eigenvalue weighted by atomic mass is 15.0. The topological polar surface area (TPSA) is 65.4 Å². The molecule has 3 aromatic carbocycles. The number of para-hydroxylation sites is 1. The molecule has 0 unspecified atom stereocenters. The maximum atomic E-state index is 9.31. The van der Waals surface area contributed by atoms with Gasteiger partial charge in [0.1, 0.15) is 6.07 Å². The van der Waals surface area contributed by atoms with Gasteiger partial charge in [-0.25, -0.2) is 0 Å². The Labute approximate surface area is 167 Å². The molecule has 0 fully saturated rings. The number of pyridine rings is 1. The summed E-state index contributed by atoms with van der Waals surface area (Å²) in [6.07, 6.45) is 3.33. The van der Waals surface area contributed by atoms with Crippen molar-refractivity contribution in [1.82, 2.24) is 9.55 Å². The summed E-state index contributed by atoms with van der Waals surface area (Å²) < 4.78 is 2.21. The van der Waals surface area contributed by atoms with E-state index in [1.165, 1.54) is 0 Å². The van der Waals surface area contributed by atoms with Gasteiger partial charge in [0.25, 0.3) is 0 Å². The van der Waals surface area contributed by atoms with Crippen LogP contribution in [0.25, 0.3) is 38.6 Å². The maximum Gasteiger partial charge on any atom is 0.101 e. The third-order valence-electron chi connectivity index (χ3n) is 5.11. The maximum absolute atomic E-state index is 9.31. The molecule has 0 bridgehead atoms. The van der Waals surface area contributed by atoms with Crippen LogP contribution in [0.4, 0.5) is 0 Å². The molecule has 0 spiro atoms. The van der Waals surface area contributed by atoms with E-state index < -0.39 is 0 Å². The molecular formula is C25H14N4. The molecule has 0 aliphatic rings. The van der Waals surface area contributed by atoms with Crippen LogP contribution in [0.15, 0.2) is 85.2 Å². The zero-order valence-corrected chi connectivity index (χ0v) is 15.4. The van der Waals surface area contributed by atoms with Gasteiger partial charge in [-0.15, -0.1) is 0 Å². The van der Waals surface area contributed by atoms with Gasteiger partial charge in [0.15, 0.2) is 0 Å². The Morgan fingerprint density at radius 2 is 1.48 bits per heavy atom. The van der Waals surface area contributed by atoms with Crippen molar-refractivity contribution in [2.75, 3.05) is 0 Å². The number of rotatable bonds is 2. The van der Waals surface area contributed by atoms with Crippen LogP contribution in [0, 0.1) is 22.7 Å². The number of nitriles is 2. The first-order chi connectivity index (χ1) is 14.3. The van der Waals surface area contributed by atoms with E-state index >= 15 is 0 Å². The van der Waals surface area contributed by atoms with Gasteiger partial charge in [-0.2, -0.15) is 10.5 Å². The van der Waals surface area contributed by atoms with Gasteiger partial charge in [-0.05, 0) is 48.0 Å². The quantitative estimate of drug-likeness (QED) is 0.407. The number of hydrogen-bond donors (Lipinski definition) is 0. The molecule has 4 nitrogen and oxygen atoms in total. The number of aromatic nitrogens is 2. The molecular weight excluding hydrogens is 356 g/mol. The number of fused-ring (bicyclic) bond motifs is 3. The van der Waals surface area contributed by atoms with Crippen LogP contribution in [0.1, 0.15) is 11.1 Å². The summed E-state index contributed by atoms with van der Waals surface area (Å²) in [5.74, 6) is 0. The second-order valence-corrected chi connectivity index (χ2v) is 6.82. The van der Waals surface area contributed by atoms with E-state index in [0.717, 1.165) is 38.6 Å². The lowest BCUT2D eigenvalue weighted by molar-refractivity contribution is 1.18. The van der Waals surface area contributed by atoms with Gasteiger partial charge in [0.2, 0.25) is 0 Å². The Kier molecular flexibility index (Phi) is 3.83. The van der Waals surface area contributed by atoms with Crippen LogP contribution < -0.4 is 0 Å². The molecule has 0 aliphatic heterocycles. The van der Waals surface area contributed by atoms with E-state index in [4.69, 9.17) is 0 Å². The van der Waals surface area contributed by atoms with Crippen LogP contribution in [0.2, 0.25) is 0 Å². The van der Waals surface area contributed by atoms with Gasteiger partial charge in [0, 0.05) is 34.4 Å². The van der Waals surface area contributed by atoms with Crippen molar-refractivity contribution in [1.29, 1.82) is 10.5 Å². The summed E-state index contributed by atoms with van der Waals surface area (Å²) >= 11 is 0. The van der Waals surface area contributed by atoms with Crippen molar-refractivity contribution in [3.8, 4) is 29.0 Å². The molecule has 5 aromatic rings. The first-order valence-electron chi connectivity index (χ1n) is 9.18. The highest BCUT2D eigenvalue weighted by Crippen LogP contribution is 2.33. The average Bonchev–Trinajstić information content (AvgIpc) is 3.13. The van der Waals surface area contributed by atoms with Gasteiger partial charge in [0.05, 0.1) is 28.2 Å². The SMILES string of the molecule is N#Cc1cncc(-c2cccc(-n3c4ccccc4c4cc(C#N)ccc43)c2)c1. The van der Waals surface area contributed by atoms with E-state index in [9.17, 15) is 10.5 Å². The summed E-state index contributed by atoms with van der Waals surface area (Å²) in [7, 11) is 0. The van der Waals surface area contributed by atoms with Crippen LogP contribution in [0.5, 0.6) is 0 Å². The molecule has 134 valence electrons. The predicted octanol–water partition coefficient (Wildman–Crippen LogP) is 5.59. The molecule has 0 aliphatic carbocycles. The third-order valence-corrected chi connectivity index (χ3v) is 5.11. The van der Waals surface area contributed by atoms with Crippen LogP contribution in [0.3, 0.4) is 0 Å². The van der Waals surface area contributed by atoms with Gasteiger partial charge < -0.3 is 4.57 Å². The standard InChI is InChI=1S/C25H14N4/c26-13-17-8-9-25-23(11-17)22-6-1-2-7-24(22)29(25)21-5-3-4-19(12-21)20-10-18(14-27)15-28-16-20/h1-12,15-16H. The minimum Gasteiger partial charge on any atom is -0.309 e. The highest BCUT2D eigenvalue weighted by molar-refractivity contribution is 6.09. The fraction of sp³-hybridized carbons (Fsp3) is 0. The zero-order valence-electron chi connectivity index (χ0n) is 15.4. The minimum absolute atomic E-state index is 0.536. The zero-order chi connectivity index (χ0) is 19.8. The summed E-state index contributed by atoms with van der Waals surface area (Å²) in [5, 5.41) is 20.7. The molecule has 0 saturated heterocycles. The van der Waals surface area contributed by atoms with E-state index in [0.29, 0.717) is 11.1 Å². The normalized spacial score (nSPS) is 10.7. The van der Waals surface area contributed by atoms with Crippen LogP contribution in [-0.4, -0.2) is 9.55 Å². The lowest BCUT2D eigenvalue weighted by Gasteiger charge is -2.10. The first-order valence-corrected chi connectivity index (χ1v) is 9.18. The Hall–Kier alpha value is -4.41. The molecule has 5 rings (SSSR count). The molecule has 0 saturated carbocycles. The number of nitrogens with zero attached hydrogens (tertiary/aromatic N) is 4. The van der Waals surface area contributed by atoms with Crippen molar-refractivity contribution in [2.45, 2.75) is 0 Å². The Balaban J connectivity index is 1.78. The van der Waals surface area contributed by atoms with Crippen molar-refractivity contribution in [3.63, 3.8) is 0 Å². The van der Waals surface area contributed by atoms with Crippen molar-refractivity contribution >= 4 is 21.8 Å². The second kappa shape index (κ2) is 6.64.